The summed E-state index contributed by atoms with van der Waals surface area (Å²) in [6, 6.07) is 1.33. The Bertz CT molecular complexity index is 567. The van der Waals surface area contributed by atoms with E-state index in [1.807, 2.05) is 18.4 Å². The van der Waals surface area contributed by atoms with Crippen LogP contribution in [-0.2, 0) is 17.8 Å². The molecule has 19 heavy (non-hydrogen) atoms. The minimum Gasteiger partial charge on any atom is -0.480 e. The maximum absolute atomic E-state index is 11.3. The number of thiophene rings is 1. The third-order valence-electron chi connectivity index (χ3n) is 2.89. The Morgan fingerprint density at radius 1 is 1.63 bits per heavy atom. The lowest BCUT2D eigenvalue weighted by Gasteiger charge is -2.13. The summed E-state index contributed by atoms with van der Waals surface area (Å²) >= 11 is 4.99. The number of aliphatic carboxylic acids is 1. The van der Waals surface area contributed by atoms with Gasteiger partial charge in [0.15, 0.2) is 0 Å². The molecule has 5 nitrogen and oxygen atoms in total. The molecule has 2 aromatic rings. The molecule has 0 aliphatic heterocycles. The number of aryl methyl sites for hydroxylation is 1. The summed E-state index contributed by atoms with van der Waals surface area (Å²) < 4.78 is 0.986. The molecule has 102 valence electrons. The standard InChI is InChI=1S/C12H14BrN3O2S/c1-7-9(6-15-16-7)5-14-10(12(17)18)4-8-2-3-19-11(8)13/h2-3,6,10,14H,4-5H2,1H3,(H,15,16)(H,17,18). The van der Waals surface area contributed by atoms with E-state index in [0.29, 0.717) is 13.0 Å². The van der Waals surface area contributed by atoms with Gasteiger partial charge in [-0.3, -0.25) is 15.2 Å². The van der Waals surface area contributed by atoms with Gasteiger partial charge in [-0.2, -0.15) is 5.10 Å². The maximum Gasteiger partial charge on any atom is 0.321 e. The average Bonchev–Trinajstić information content (AvgIpc) is 2.94. The summed E-state index contributed by atoms with van der Waals surface area (Å²) in [7, 11) is 0. The van der Waals surface area contributed by atoms with Gasteiger partial charge in [0.25, 0.3) is 0 Å². The van der Waals surface area contributed by atoms with Crippen LogP contribution in [-0.4, -0.2) is 27.3 Å². The third kappa shape index (κ3) is 3.65. The van der Waals surface area contributed by atoms with Crippen molar-refractivity contribution in [1.82, 2.24) is 15.5 Å². The molecule has 0 radical (unpaired) electrons. The van der Waals surface area contributed by atoms with Gasteiger partial charge >= 0.3 is 5.97 Å². The summed E-state index contributed by atoms with van der Waals surface area (Å²) in [6.45, 7) is 2.40. The van der Waals surface area contributed by atoms with Crippen molar-refractivity contribution in [3.8, 4) is 0 Å². The molecule has 0 saturated heterocycles. The summed E-state index contributed by atoms with van der Waals surface area (Å²) in [4.78, 5) is 11.3. The van der Waals surface area contributed by atoms with E-state index >= 15 is 0 Å². The SMILES string of the molecule is Cc1[nH]ncc1CNC(Cc1ccsc1Br)C(=O)O. The quantitative estimate of drug-likeness (QED) is 0.752. The van der Waals surface area contributed by atoms with Gasteiger partial charge in [-0.25, -0.2) is 0 Å². The normalized spacial score (nSPS) is 12.5. The second kappa shape index (κ2) is 6.31. The van der Waals surface area contributed by atoms with Crippen LogP contribution in [0, 0.1) is 6.92 Å². The van der Waals surface area contributed by atoms with Crippen molar-refractivity contribution in [3.63, 3.8) is 0 Å². The first-order chi connectivity index (χ1) is 9.08. The lowest BCUT2D eigenvalue weighted by Crippen LogP contribution is -2.38. The highest BCUT2D eigenvalue weighted by atomic mass is 79.9. The number of nitrogens with one attached hydrogen (secondary N) is 2. The number of hydrogen-bond donors (Lipinski definition) is 3. The fourth-order valence-corrected chi connectivity index (χ4v) is 2.99. The van der Waals surface area contributed by atoms with Crippen molar-refractivity contribution in [2.75, 3.05) is 0 Å². The largest absolute Gasteiger partial charge is 0.480 e. The minimum absolute atomic E-state index is 0.455. The van der Waals surface area contributed by atoms with Gasteiger partial charge in [0.2, 0.25) is 0 Å². The number of rotatable bonds is 6. The zero-order valence-corrected chi connectivity index (χ0v) is 12.7. The fourth-order valence-electron chi connectivity index (χ4n) is 1.72. The molecule has 0 aliphatic rings. The van der Waals surface area contributed by atoms with Gasteiger partial charge in [-0.1, -0.05) is 0 Å². The molecular weight excluding hydrogens is 330 g/mol. The van der Waals surface area contributed by atoms with E-state index in [1.165, 1.54) is 0 Å². The van der Waals surface area contributed by atoms with Gasteiger partial charge in [0.05, 0.1) is 9.98 Å². The zero-order valence-electron chi connectivity index (χ0n) is 10.3. The van der Waals surface area contributed by atoms with Gasteiger partial charge in [-0.15, -0.1) is 11.3 Å². The molecule has 7 heteroatoms. The fraction of sp³-hybridized carbons (Fsp3) is 0.333. The molecule has 2 heterocycles. The second-order valence-corrected chi connectivity index (χ2v) is 6.45. The van der Waals surface area contributed by atoms with Crippen molar-refractivity contribution < 1.29 is 9.90 Å². The van der Waals surface area contributed by atoms with Gasteiger partial charge in [-0.05, 0) is 39.9 Å². The Hall–Kier alpha value is -1.18. The molecule has 0 fully saturated rings. The van der Waals surface area contributed by atoms with Gasteiger partial charge < -0.3 is 5.11 Å². The van der Waals surface area contributed by atoms with Crippen LogP contribution in [0.5, 0.6) is 0 Å². The molecular formula is C12H14BrN3O2S. The van der Waals surface area contributed by atoms with Crippen LogP contribution in [0.1, 0.15) is 16.8 Å². The first-order valence-corrected chi connectivity index (χ1v) is 7.42. The lowest BCUT2D eigenvalue weighted by molar-refractivity contribution is -0.139. The average molecular weight is 344 g/mol. The van der Waals surface area contributed by atoms with Crippen LogP contribution >= 0.6 is 27.3 Å². The number of H-pyrrole nitrogens is 1. The molecule has 1 atom stereocenters. The van der Waals surface area contributed by atoms with Crippen LogP contribution in [0.25, 0.3) is 0 Å². The molecule has 2 rings (SSSR count). The smallest absolute Gasteiger partial charge is 0.321 e. The second-order valence-electron chi connectivity index (χ2n) is 4.22. The van der Waals surface area contributed by atoms with Gasteiger partial charge in [0.1, 0.15) is 6.04 Å². The van der Waals surface area contributed by atoms with Crippen molar-refractivity contribution in [1.29, 1.82) is 0 Å². The van der Waals surface area contributed by atoms with E-state index in [9.17, 15) is 9.90 Å². The van der Waals surface area contributed by atoms with Crippen LogP contribution < -0.4 is 5.32 Å². The molecule has 0 spiro atoms. The topological polar surface area (TPSA) is 78.0 Å². The molecule has 0 saturated carbocycles. The Labute approximate surface area is 123 Å². The van der Waals surface area contributed by atoms with E-state index in [0.717, 1.165) is 20.6 Å². The number of aromatic nitrogens is 2. The highest BCUT2D eigenvalue weighted by Crippen LogP contribution is 2.24. The molecule has 0 bridgehead atoms. The Balaban J connectivity index is 1.99. The van der Waals surface area contributed by atoms with Crippen LogP contribution in [0.15, 0.2) is 21.4 Å². The number of carbonyl (C=O) groups is 1. The Morgan fingerprint density at radius 2 is 2.42 bits per heavy atom. The number of hydrogen-bond acceptors (Lipinski definition) is 4. The van der Waals surface area contributed by atoms with E-state index in [2.05, 4.69) is 31.4 Å². The Morgan fingerprint density at radius 3 is 2.95 bits per heavy atom. The summed E-state index contributed by atoms with van der Waals surface area (Å²) in [6.07, 6.45) is 2.16. The predicted octanol–water partition coefficient (Wildman–Crippen LogP) is 2.33. The van der Waals surface area contributed by atoms with E-state index in [-0.39, 0.29) is 0 Å². The Kier molecular flexibility index (Phi) is 4.73. The van der Waals surface area contributed by atoms with Crippen molar-refractivity contribution in [3.05, 3.63) is 38.3 Å². The monoisotopic (exact) mass is 343 g/mol. The number of halogens is 1. The maximum atomic E-state index is 11.3. The minimum atomic E-state index is -0.848. The van der Waals surface area contributed by atoms with Crippen LogP contribution in [0.3, 0.4) is 0 Å². The number of aromatic amines is 1. The van der Waals surface area contributed by atoms with Crippen molar-refractivity contribution in [2.45, 2.75) is 25.9 Å². The van der Waals surface area contributed by atoms with E-state index in [1.54, 1.807) is 17.5 Å². The molecule has 0 amide bonds. The lowest BCUT2D eigenvalue weighted by atomic mass is 10.1. The third-order valence-corrected chi connectivity index (χ3v) is 4.70. The first-order valence-electron chi connectivity index (χ1n) is 5.75. The molecule has 0 aliphatic carbocycles. The number of carboxylic acids is 1. The molecule has 2 aromatic heterocycles. The molecule has 3 N–H and O–H groups in total. The van der Waals surface area contributed by atoms with Crippen molar-refractivity contribution >= 4 is 33.2 Å². The molecule has 0 aromatic carbocycles. The zero-order chi connectivity index (χ0) is 13.8. The predicted molar refractivity (Wildman–Crippen MR) is 77.3 cm³/mol. The summed E-state index contributed by atoms with van der Waals surface area (Å²) in [5.74, 6) is -0.848. The number of carboxylic acid groups (broad SMARTS) is 1. The number of nitrogens with zero attached hydrogens (tertiary/aromatic N) is 1. The first kappa shape index (κ1) is 14.2. The van der Waals surface area contributed by atoms with Crippen LogP contribution in [0.4, 0.5) is 0 Å². The van der Waals surface area contributed by atoms with Crippen LogP contribution in [0.2, 0.25) is 0 Å². The molecule has 1 unspecified atom stereocenters. The van der Waals surface area contributed by atoms with E-state index in [4.69, 9.17) is 0 Å². The highest BCUT2D eigenvalue weighted by Gasteiger charge is 2.19. The highest BCUT2D eigenvalue weighted by molar-refractivity contribution is 9.11. The summed E-state index contributed by atoms with van der Waals surface area (Å²) in [5, 5.41) is 21.0. The van der Waals surface area contributed by atoms with E-state index < -0.39 is 12.0 Å². The van der Waals surface area contributed by atoms with Crippen molar-refractivity contribution in [2.24, 2.45) is 0 Å². The summed E-state index contributed by atoms with van der Waals surface area (Å²) in [5.41, 5.74) is 2.94. The van der Waals surface area contributed by atoms with Gasteiger partial charge in [0, 0.05) is 24.2 Å².